The SMILES string of the molecule is C=C(C)CC(NC)c1cncc(F)c1. The lowest BCUT2D eigenvalue weighted by Gasteiger charge is -2.15. The summed E-state index contributed by atoms with van der Waals surface area (Å²) in [5.74, 6) is -0.301. The van der Waals surface area contributed by atoms with Gasteiger partial charge < -0.3 is 5.32 Å². The zero-order chi connectivity index (χ0) is 10.6. The number of halogens is 1. The molecule has 1 unspecified atom stereocenters. The van der Waals surface area contributed by atoms with Crippen molar-refractivity contribution < 1.29 is 4.39 Å². The van der Waals surface area contributed by atoms with Gasteiger partial charge in [0.05, 0.1) is 6.20 Å². The largest absolute Gasteiger partial charge is 0.313 e. The third-order valence-electron chi connectivity index (χ3n) is 2.03. The predicted molar refractivity (Wildman–Crippen MR) is 55.4 cm³/mol. The molecule has 1 N–H and O–H groups in total. The van der Waals surface area contributed by atoms with Gasteiger partial charge in [-0.3, -0.25) is 4.98 Å². The normalized spacial score (nSPS) is 12.5. The predicted octanol–water partition coefficient (Wildman–Crippen LogP) is 2.45. The molecule has 0 saturated heterocycles. The first kappa shape index (κ1) is 10.9. The second-order valence-electron chi connectivity index (χ2n) is 3.44. The average Bonchev–Trinajstić information content (AvgIpc) is 2.14. The highest BCUT2D eigenvalue weighted by Crippen LogP contribution is 2.19. The van der Waals surface area contributed by atoms with Crippen LogP contribution in [0.5, 0.6) is 0 Å². The van der Waals surface area contributed by atoms with Crippen LogP contribution in [0.3, 0.4) is 0 Å². The Bertz CT molecular complexity index is 323. The number of hydrogen-bond acceptors (Lipinski definition) is 2. The maximum Gasteiger partial charge on any atom is 0.141 e. The van der Waals surface area contributed by atoms with Gasteiger partial charge in [0.25, 0.3) is 0 Å². The summed E-state index contributed by atoms with van der Waals surface area (Å²) in [6.07, 6.45) is 3.67. The first-order chi connectivity index (χ1) is 6.63. The van der Waals surface area contributed by atoms with Gasteiger partial charge >= 0.3 is 0 Å². The molecule has 0 bridgehead atoms. The Hall–Kier alpha value is -1.22. The summed E-state index contributed by atoms with van der Waals surface area (Å²) in [7, 11) is 1.85. The van der Waals surface area contributed by atoms with Crippen molar-refractivity contribution in [1.29, 1.82) is 0 Å². The van der Waals surface area contributed by atoms with E-state index in [1.807, 2.05) is 14.0 Å². The van der Waals surface area contributed by atoms with Crippen LogP contribution >= 0.6 is 0 Å². The van der Waals surface area contributed by atoms with Gasteiger partial charge in [0.15, 0.2) is 0 Å². The van der Waals surface area contributed by atoms with Crippen LogP contribution in [0.15, 0.2) is 30.6 Å². The van der Waals surface area contributed by atoms with Gasteiger partial charge in [0, 0.05) is 12.2 Å². The van der Waals surface area contributed by atoms with Gasteiger partial charge in [-0.1, -0.05) is 5.57 Å². The number of rotatable bonds is 4. The van der Waals surface area contributed by atoms with Crippen molar-refractivity contribution in [3.05, 3.63) is 42.0 Å². The zero-order valence-electron chi connectivity index (χ0n) is 8.55. The summed E-state index contributed by atoms with van der Waals surface area (Å²) in [5, 5.41) is 3.11. The quantitative estimate of drug-likeness (QED) is 0.745. The Balaban J connectivity index is 2.83. The minimum Gasteiger partial charge on any atom is -0.313 e. The first-order valence-corrected chi connectivity index (χ1v) is 4.55. The van der Waals surface area contributed by atoms with Gasteiger partial charge in [-0.2, -0.15) is 0 Å². The zero-order valence-corrected chi connectivity index (χ0v) is 8.55. The molecule has 1 heterocycles. The Labute approximate surface area is 83.9 Å². The van der Waals surface area contributed by atoms with Crippen LogP contribution in [0.4, 0.5) is 4.39 Å². The van der Waals surface area contributed by atoms with E-state index in [9.17, 15) is 4.39 Å². The average molecular weight is 194 g/mol. The van der Waals surface area contributed by atoms with Crippen LogP contribution in [0.2, 0.25) is 0 Å². The molecule has 1 aromatic rings. The third kappa shape index (κ3) is 2.92. The van der Waals surface area contributed by atoms with Crippen molar-refractivity contribution in [1.82, 2.24) is 10.3 Å². The smallest absolute Gasteiger partial charge is 0.141 e. The van der Waals surface area contributed by atoms with E-state index in [2.05, 4.69) is 16.9 Å². The minimum atomic E-state index is -0.301. The topological polar surface area (TPSA) is 24.9 Å². The van der Waals surface area contributed by atoms with E-state index in [4.69, 9.17) is 0 Å². The van der Waals surface area contributed by atoms with Gasteiger partial charge in [0.1, 0.15) is 5.82 Å². The molecule has 3 heteroatoms. The summed E-state index contributed by atoms with van der Waals surface area (Å²) in [6, 6.07) is 1.59. The lowest BCUT2D eigenvalue weighted by Crippen LogP contribution is -2.16. The van der Waals surface area contributed by atoms with Crippen LogP contribution in [-0.2, 0) is 0 Å². The molecule has 0 aliphatic carbocycles. The molecule has 0 fully saturated rings. The maximum absolute atomic E-state index is 12.9. The van der Waals surface area contributed by atoms with Crippen molar-refractivity contribution in [2.24, 2.45) is 0 Å². The summed E-state index contributed by atoms with van der Waals surface area (Å²) in [5.41, 5.74) is 1.92. The summed E-state index contributed by atoms with van der Waals surface area (Å²) >= 11 is 0. The minimum absolute atomic E-state index is 0.0932. The molecule has 1 aromatic heterocycles. The van der Waals surface area contributed by atoms with Crippen LogP contribution < -0.4 is 5.32 Å². The molecular weight excluding hydrogens is 179 g/mol. The lowest BCUT2D eigenvalue weighted by molar-refractivity contribution is 0.570. The fourth-order valence-corrected chi connectivity index (χ4v) is 1.35. The number of nitrogens with zero attached hydrogens (tertiary/aromatic N) is 1. The highest BCUT2D eigenvalue weighted by Gasteiger charge is 2.09. The number of hydrogen-bond donors (Lipinski definition) is 1. The molecule has 0 aromatic carbocycles. The second-order valence-corrected chi connectivity index (χ2v) is 3.44. The van der Waals surface area contributed by atoms with Crippen molar-refractivity contribution in [3.8, 4) is 0 Å². The molecule has 0 aliphatic rings. The van der Waals surface area contributed by atoms with E-state index in [1.165, 1.54) is 12.3 Å². The molecule has 0 amide bonds. The second kappa shape index (κ2) is 4.86. The molecular formula is C11H15FN2. The van der Waals surface area contributed by atoms with E-state index < -0.39 is 0 Å². The molecule has 2 nitrogen and oxygen atoms in total. The summed E-state index contributed by atoms with van der Waals surface area (Å²) in [4.78, 5) is 3.82. The maximum atomic E-state index is 12.9. The molecule has 76 valence electrons. The fraction of sp³-hybridized carbons (Fsp3) is 0.364. The molecule has 0 spiro atoms. The van der Waals surface area contributed by atoms with Crippen LogP contribution in [0.25, 0.3) is 0 Å². The molecule has 0 radical (unpaired) electrons. The van der Waals surface area contributed by atoms with Crippen molar-refractivity contribution in [2.45, 2.75) is 19.4 Å². The Morgan fingerprint density at radius 3 is 2.86 bits per heavy atom. The van der Waals surface area contributed by atoms with Crippen LogP contribution in [0.1, 0.15) is 24.9 Å². The van der Waals surface area contributed by atoms with E-state index in [0.717, 1.165) is 17.6 Å². The highest BCUT2D eigenvalue weighted by molar-refractivity contribution is 5.17. The monoisotopic (exact) mass is 194 g/mol. The van der Waals surface area contributed by atoms with E-state index in [1.54, 1.807) is 6.20 Å². The van der Waals surface area contributed by atoms with Crippen LogP contribution in [0, 0.1) is 5.82 Å². The standard InChI is InChI=1S/C11H15FN2/c1-8(2)4-11(13-3)9-5-10(12)7-14-6-9/h5-7,11,13H,1,4H2,2-3H3. The molecule has 0 aliphatic heterocycles. The van der Waals surface area contributed by atoms with Crippen molar-refractivity contribution in [3.63, 3.8) is 0 Å². The van der Waals surface area contributed by atoms with E-state index in [0.29, 0.717) is 0 Å². The van der Waals surface area contributed by atoms with Crippen molar-refractivity contribution in [2.75, 3.05) is 7.05 Å². The summed E-state index contributed by atoms with van der Waals surface area (Å²) in [6.45, 7) is 5.79. The third-order valence-corrected chi connectivity index (χ3v) is 2.03. The van der Waals surface area contributed by atoms with Crippen molar-refractivity contribution >= 4 is 0 Å². The van der Waals surface area contributed by atoms with Gasteiger partial charge in [-0.15, -0.1) is 6.58 Å². The molecule has 0 saturated carbocycles. The Morgan fingerprint density at radius 1 is 1.64 bits per heavy atom. The number of pyridine rings is 1. The number of aromatic nitrogens is 1. The first-order valence-electron chi connectivity index (χ1n) is 4.55. The van der Waals surface area contributed by atoms with Gasteiger partial charge in [-0.25, -0.2) is 4.39 Å². The highest BCUT2D eigenvalue weighted by atomic mass is 19.1. The fourth-order valence-electron chi connectivity index (χ4n) is 1.35. The lowest BCUT2D eigenvalue weighted by atomic mass is 10.0. The molecule has 14 heavy (non-hydrogen) atoms. The van der Waals surface area contributed by atoms with Gasteiger partial charge in [0.2, 0.25) is 0 Å². The Morgan fingerprint density at radius 2 is 2.36 bits per heavy atom. The van der Waals surface area contributed by atoms with E-state index in [-0.39, 0.29) is 11.9 Å². The van der Waals surface area contributed by atoms with E-state index >= 15 is 0 Å². The summed E-state index contributed by atoms with van der Waals surface area (Å²) < 4.78 is 12.9. The Kier molecular flexibility index (Phi) is 3.77. The number of nitrogens with one attached hydrogen (secondary N) is 1. The molecule has 1 atom stereocenters. The van der Waals surface area contributed by atoms with Gasteiger partial charge in [-0.05, 0) is 32.0 Å². The van der Waals surface area contributed by atoms with Crippen LogP contribution in [-0.4, -0.2) is 12.0 Å². The molecule has 1 rings (SSSR count).